The quantitative estimate of drug-likeness (QED) is 0.906. The molecule has 1 unspecified atom stereocenters. The third-order valence-electron chi connectivity index (χ3n) is 4.68. The lowest BCUT2D eigenvalue weighted by molar-refractivity contribution is -0.0846. The Morgan fingerprint density at radius 3 is 3.00 bits per heavy atom. The lowest BCUT2D eigenvalue weighted by atomic mass is 9.88. The highest BCUT2D eigenvalue weighted by atomic mass is 16.5. The normalized spacial score (nSPS) is 27.5. The average Bonchev–Trinajstić information content (AvgIpc) is 2.88. The topological polar surface area (TPSA) is 34.1 Å². The number of aromatic nitrogens is 1. The Labute approximate surface area is 115 Å². The van der Waals surface area contributed by atoms with E-state index in [1.165, 1.54) is 37.7 Å². The van der Waals surface area contributed by atoms with Crippen LogP contribution in [0.25, 0.3) is 0 Å². The molecule has 1 saturated carbocycles. The van der Waals surface area contributed by atoms with E-state index in [1.807, 2.05) is 18.5 Å². The maximum absolute atomic E-state index is 6.09. The molecule has 1 spiro atoms. The van der Waals surface area contributed by atoms with Gasteiger partial charge in [-0.05, 0) is 44.2 Å². The first-order chi connectivity index (χ1) is 9.27. The van der Waals surface area contributed by atoms with Gasteiger partial charge in [0.25, 0.3) is 0 Å². The molecule has 1 aliphatic heterocycles. The van der Waals surface area contributed by atoms with E-state index in [0.29, 0.717) is 12.1 Å². The minimum atomic E-state index is 0.199. The van der Waals surface area contributed by atoms with Crippen LogP contribution in [-0.2, 0) is 4.74 Å². The van der Waals surface area contributed by atoms with Crippen molar-refractivity contribution in [3.63, 3.8) is 0 Å². The molecule has 0 amide bonds. The van der Waals surface area contributed by atoms with Crippen LogP contribution in [-0.4, -0.2) is 23.2 Å². The van der Waals surface area contributed by atoms with Gasteiger partial charge in [-0.2, -0.15) is 0 Å². The third-order valence-corrected chi connectivity index (χ3v) is 4.68. The van der Waals surface area contributed by atoms with Crippen molar-refractivity contribution in [3.05, 3.63) is 30.1 Å². The van der Waals surface area contributed by atoms with Gasteiger partial charge in [-0.3, -0.25) is 4.98 Å². The van der Waals surface area contributed by atoms with Crippen LogP contribution in [0.1, 0.15) is 57.1 Å². The minimum absolute atomic E-state index is 0.199. The largest absolute Gasteiger partial charge is 0.375 e. The van der Waals surface area contributed by atoms with E-state index in [4.69, 9.17) is 4.74 Å². The molecular formula is C16H24N2O. The molecule has 0 radical (unpaired) electrons. The van der Waals surface area contributed by atoms with Crippen LogP contribution in [0.3, 0.4) is 0 Å². The molecular weight excluding hydrogens is 236 g/mol. The average molecular weight is 260 g/mol. The molecule has 3 nitrogen and oxygen atoms in total. The van der Waals surface area contributed by atoms with Gasteiger partial charge < -0.3 is 10.1 Å². The summed E-state index contributed by atoms with van der Waals surface area (Å²) >= 11 is 0. The maximum atomic E-state index is 6.09. The molecule has 1 aliphatic carbocycles. The summed E-state index contributed by atoms with van der Waals surface area (Å²) < 4.78 is 6.09. The minimum Gasteiger partial charge on any atom is -0.375 e. The van der Waals surface area contributed by atoms with Crippen molar-refractivity contribution in [3.8, 4) is 0 Å². The molecule has 1 aromatic heterocycles. The van der Waals surface area contributed by atoms with Crippen LogP contribution in [0.2, 0.25) is 0 Å². The van der Waals surface area contributed by atoms with Crippen LogP contribution >= 0.6 is 0 Å². The fourth-order valence-corrected chi connectivity index (χ4v) is 3.62. The van der Waals surface area contributed by atoms with E-state index in [0.717, 1.165) is 13.0 Å². The van der Waals surface area contributed by atoms with Crippen molar-refractivity contribution in [2.24, 2.45) is 0 Å². The standard InChI is InChI=1S/C16H24N2O/c1-13(14-5-4-9-17-12-14)18-15-6-10-19-16(11-15)7-2-3-8-16/h4-5,9,12-13,15,18H,2-3,6-8,10-11H2,1H3/t13-,15?/m1/s1. The van der Waals surface area contributed by atoms with Gasteiger partial charge >= 0.3 is 0 Å². The number of hydrogen-bond donors (Lipinski definition) is 1. The lowest BCUT2D eigenvalue weighted by Crippen LogP contribution is -2.46. The highest BCUT2D eigenvalue weighted by molar-refractivity contribution is 5.13. The number of ether oxygens (including phenoxy) is 1. The van der Waals surface area contributed by atoms with Crippen molar-refractivity contribution >= 4 is 0 Å². The molecule has 1 N–H and O–H groups in total. The first-order valence-electron chi connectivity index (χ1n) is 7.57. The first kappa shape index (κ1) is 13.1. The van der Waals surface area contributed by atoms with Gasteiger partial charge in [-0.25, -0.2) is 0 Å². The van der Waals surface area contributed by atoms with E-state index in [2.05, 4.69) is 23.3 Å². The van der Waals surface area contributed by atoms with E-state index in [-0.39, 0.29) is 5.60 Å². The molecule has 0 aromatic carbocycles. The zero-order chi connectivity index (χ0) is 13.1. The van der Waals surface area contributed by atoms with E-state index >= 15 is 0 Å². The Bertz CT molecular complexity index is 400. The van der Waals surface area contributed by atoms with Crippen molar-refractivity contribution in [1.82, 2.24) is 10.3 Å². The molecule has 2 atom stereocenters. The van der Waals surface area contributed by atoms with Gasteiger partial charge in [-0.15, -0.1) is 0 Å². The van der Waals surface area contributed by atoms with Gasteiger partial charge in [0.05, 0.1) is 5.60 Å². The molecule has 3 rings (SSSR count). The van der Waals surface area contributed by atoms with Crippen LogP contribution < -0.4 is 5.32 Å². The Hall–Kier alpha value is -0.930. The van der Waals surface area contributed by atoms with Gasteiger partial charge in [0.1, 0.15) is 0 Å². The smallest absolute Gasteiger partial charge is 0.0697 e. The Morgan fingerprint density at radius 2 is 2.26 bits per heavy atom. The Balaban J connectivity index is 1.60. The lowest BCUT2D eigenvalue weighted by Gasteiger charge is -2.39. The van der Waals surface area contributed by atoms with E-state index < -0.39 is 0 Å². The number of hydrogen-bond acceptors (Lipinski definition) is 3. The number of pyridine rings is 1. The van der Waals surface area contributed by atoms with Crippen molar-refractivity contribution < 1.29 is 4.74 Å². The van der Waals surface area contributed by atoms with Crippen LogP contribution in [0, 0.1) is 0 Å². The summed E-state index contributed by atoms with van der Waals surface area (Å²) in [6, 6.07) is 5.11. The Kier molecular flexibility index (Phi) is 3.85. The zero-order valence-corrected chi connectivity index (χ0v) is 11.8. The summed E-state index contributed by atoms with van der Waals surface area (Å²) in [6.07, 6.45) is 11.3. The summed E-state index contributed by atoms with van der Waals surface area (Å²) in [6.45, 7) is 3.14. The van der Waals surface area contributed by atoms with Crippen molar-refractivity contribution in [2.75, 3.05) is 6.61 Å². The second kappa shape index (κ2) is 5.59. The second-order valence-electron chi connectivity index (χ2n) is 6.10. The van der Waals surface area contributed by atoms with Gasteiger partial charge in [0, 0.05) is 31.1 Å². The predicted octanol–water partition coefficient (Wildman–Crippen LogP) is 3.22. The molecule has 1 saturated heterocycles. The zero-order valence-electron chi connectivity index (χ0n) is 11.8. The van der Waals surface area contributed by atoms with Gasteiger partial charge in [0.15, 0.2) is 0 Å². The van der Waals surface area contributed by atoms with E-state index in [9.17, 15) is 0 Å². The number of nitrogens with one attached hydrogen (secondary N) is 1. The molecule has 1 aromatic rings. The predicted molar refractivity (Wildman–Crippen MR) is 76.0 cm³/mol. The van der Waals surface area contributed by atoms with Crippen molar-refractivity contribution in [2.45, 2.75) is 63.1 Å². The summed E-state index contributed by atoms with van der Waals surface area (Å²) in [5.41, 5.74) is 1.47. The van der Waals surface area contributed by atoms with Gasteiger partial charge in [-0.1, -0.05) is 18.9 Å². The van der Waals surface area contributed by atoms with E-state index in [1.54, 1.807) is 0 Å². The molecule has 104 valence electrons. The molecule has 0 bridgehead atoms. The monoisotopic (exact) mass is 260 g/mol. The van der Waals surface area contributed by atoms with Crippen LogP contribution in [0.5, 0.6) is 0 Å². The second-order valence-corrected chi connectivity index (χ2v) is 6.10. The molecule has 2 heterocycles. The van der Waals surface area contributed by atoms with Crippen LogP contribution in [0.15, 0.2) is 24.5 Å². The summed E-state index contributed by atoms with van der Waals surface area (Å²) in [5, 5.41) is 3.77. The third kappa shape index (κ3) is 2.98. The van der Waals surface area contributed by atoms with Crippen LogP contribution in [0.4, 0.5) is 0 Å². The fraction of sp³-hybridized carbons (Fsp3) is 0.688. The number of rotatable bonds is 3. The SMILES string of the molecule is C[C@@H](NC1CCOC2(CCCC2)C1)c1cccnc1. The summed E-state index contributed by atoms with van der Waals surface area (Å²) in [7, 11) is 0. The molecule has 2 fully saturated rings. The fourth-order valence-electron chi connectivity index (χ4n) is 3.62. The molecule has 19 heavy (non-hydrogen) atoms. The molecule has 3 heteroatoms. The molecule has 2 aliphatic rings. The van der Waals surface area contributed by atoms with Gasteiger partial charge in [0.2, 0.25) is 0 Å². The summed E-state index contributed by atoms with van der Waals surface area (Å²) in [5.74, 6) is 0. The number of nitrogens with zero attached hydrogens (tertiary/aromatic N) is 1. The maximum Gasteiger partial charge on any atom is 0.0697 e. The summed E-state index contributed by atoms with van der Waals surface area (Å²) in [4.78, 5) is 4.21. The highest BCUT2D eigenvalue weighted by Crippen LogP contribution is 2.40. The Morgan fingerprint density at radius 1 is 1.42 bits per heavy atom. The highest BCUT2D eigenvalue weighted by Gasteiger charge is 2.40. The van der Waals surface area contributed by atoms with Crippen molar-refractivity contribution in [1.29, 1.82) is 0 Å². The first-order valence-corrected chi connectivity index (χ1v) is 7.57.